The molecular weight excluding hydrogens is 428 g/mol. The van der Waals surface area contributed by atoms with Gasteiger partial charge >= 0.3 is 0 Å². The van der Waals surface area contributed by atoms with E-state index in [2.05, 4.69) is 5.32 Å². The third-order valence-electron chi connectivity index (χ3n) is 5.12. The first kappa shape index (κ1) is 22.4. The molecule has 3 rings (SSSR count). The van der Waals surface area contributed by atoms with Crippen LogP contribution in [0.2, 0.25) is 5.02 Å². The molecule has 0 aromatic heterocycles. The van der Waals surface area contributed by atoms with E-state index in [-0.39, 0.29) is 17.3 Å². The van der Waals surface area contributed by atoms with Gasteiger partial charge in [-0.25, -0.2) is 8.42 Å². The molecule has 1 amide bonds. The molecule has 1 unspecified atom stereocenters. The molecule has 1 heterocycles. The largest absolute Gasteiger partial charge is 0.497 e. The van der Waals surface area contributed by atoms with E-state index in [0.717, 1.165) is 12.0 Å². The maximum atomic E-state index is 13.1. The Morgan fingerprint density at radius 2 is 1.87 bits per heavy atom. The maximum Gasteiger partial charge on any atom is 0.243 e. The number of nitrogens with zero attached hydrogens (tertiary/aromatic N) is 1. The van der Waals surface area contributed by atoms with Gasteiger partial charge in [-0.15, -0.1) is 0 Å². The molecule has 0 aliphatic carbocycles. The lowest BCUT2D eigenvalue weighted by Crippen LogP contribution is -2.51. The number of sulfonamides is 1. The minimum Gasteiger partial charge on any atom is -0.497 e. The van der Waals surface area contributed by atoms with Crippen molar-refractivity contribution in [3.8, 4) is 11.5 Å². The van der Waals surface area contributed by atoms with Gasteiger partial charge in [0.05, 0.1) is 19.1 Å². The number of carbonyl (C=O) groups is 1. The minimum absolute atomic E-state index is 0.126. The van der Waals surface area contributed by atoms with Crippen LogP contribution in [-0.4, -0.2) is 45.4 Å². The van der Waals surface area contributed by atoms with Gasteiger partial charge in [-0.05, 0) is 55.3 Å². The van der Waals surface area contributed by atoms with Crippen molar-refractivity contribution in [1.29, 1.82) is 0 Å². The van der Waals surface area contributed by atoms with Gasteiger partial charge in [-0.3, -0.25) is 4.79 Å². The van der Waals surface area contributed by atoms with Crippen LogP contribution in [-0.2, 0) is 21.4 Å². The minimum atomic E-state index is -3.81. The molecule has 1 saturated heterocycles. The number of hydrogen-bond acceptors (Lipinski definition) is 5. The normalized spacial score (nSPS) is 17.4. The summed E-state index contributed by atoms with van der Waals surface area (Å²) in [7, 11) is -0.699. The average Bonchev–Trinajstić information content (AvgIpc) is 2.77. The summed E-state index contributed by atoms with van der Waals surface area (Å²) in [6.07, 6.45) is 1.96. The van der Waals surface area contributed by atoms with Crippen molar-refractivity contribution in [2.75, 3.05) is 20.8 Å². The first-order valence-electron chi connectivity index (χ1n) is 9.63. The Morgan fingerprint density at radius 3 is 2.53 bits per heavy atom. The smallest absolute Gasteiger partial charge is 0.243 e. The van der Waals surface area contributed by atoms with Crippen molar-refractivity contribution in [2.45, 2.75) is 36.7 Å². The van der Waals surface area contributed by atoms with Crippen LogP contribution in [0.5, 0.6) is 11.5 Å². The van der Waals surface area contributed by atoms with Crippen molar-refractivity contribution < 1.29 is 22.7 Å². The molecule has 0 radical (unpaired) electrons. The number of ether oxygens (including phenoxy) is 2. The monoisotopic (exact) mass is 452 g/mol. The SMILES string of the molecule is COc1ccc(OC)c(CNC(=O)C2CCCCN2S(=O)(=O)c2ccc(Cl)cc2)c1. The zero-order valence-electron chi connectivity index (χ0n) is 16.9. The second kappa shape index (κ2) is 9.68. The van der Waals surface area contributed by atoms with Crippen molar-refractivity contribution >= 4 is 27.5 Å². The van der Waals surface area contributed by atoms with Crippen LogP contribution in [0.4, 0.5) is 0 Å². The van der Waals surface area contributed by atoms with E-state index in [4.69, 9.17) is 21.1 Å². The summed E-state index contributed by atoms with van der Waals surface area (Å²) in [4.78, 5) is 13.1. The zero-order chi connectivity index (χ0) is 21.7. The Hall–Kier alpha value is -2.29. The Bertz CT molecular complexity index is 995. The first-order valence-corrected chi connectivity index (χ1v) is 11.4. The summed E-state index contributed by atoms with van der Waals surface area (Å²) < 4.78 is 38.1. The molecule has 1 N–H and O–H groups in total. The second-order valence-corrected chi connectivity index (χ2v) is 9.30. The predicted octanol–water partition coefficient (Wildman–Crippen LogP) is 3.22. The lowest BCUT2D eigenvalue weighted by molar-refractivity contribution is -0.125. The predicted molar refractivity (Wildman–Crippen MR) is 114 cm³/mol. The molecule has 1 fully saturated rings. The van der Waals surface area contributed by atoms with Crippen LogP contribution in [0.15, 0.2) is 47.4 Å². The van der Waals surface area contributed by atoms with Crippen molar-refractivity contribution in [2.24, 2.45) is 0 Å². The summed E-state index contributed by atoms with van der Waals surface area (Å²) in [5, 5.41) is 3.31. The fraction of sp³-hybridized carbons (Fsp3) is 0.381. The molecule has 1 atom stereocenters. The Balaban J connectivity index is 1.78. The molecule has 1 aliphatic rings. The lowest BCUT2D eigenvalue weighted by Gasteiger charge is -2.33. The molecule has 2 aromatic rings. The molecule has 9 heteroatoms. The van der Waals surface area contributed by atoms with E-state index in [1.807, 2.05) is 0 Å². The Morgan fingerprint density at radius 1 is 1.13 bits per heavy atom. The van der Waals surface area contributed by atoms with Gasteiger partial charge in [0.25, 0.3) is 0 Å². The molecule has 162 valence electrons. The Kier molecular flexibility index (Phi) is 7.23. The van der Waals surface area contributed by atoms with Gasteiger partial charge in [0, 0.05) is 23.7 Å². The van der Waals surface area contributed by atoms with Gasteiger partial charge in [-0.2, -0.15) is 4.31 Å². The third-order valence-corrected chi connectivity index (χ3v) is 7.29. The molecule has 7 nitrogen and oxygen atoms in total. The van der Waals surface area contributed by atoms with E-state index in [1.54, 1.807) is 32.4 Å². The van der Waals surface area contributed by atoms with Crippen LogP contribution in [0.1, 0.15) is 24.8 Å². The van der Waals surface area contributed by atoms with Gasteiger partial charge in [0.2, 0.25) is 15.9 Å². The van der Waals surface area contributed by atoms with E-state index in [1.165, 1.54) is 28.6 Å². The molecule has 2 aromatic carbocycles. The number of nitrogens with one attached hydrogen (secondary N) is 1. The van der Waals surface area contributed by atoms with Gasteiger partial charge < -0.3 is 14.8 Å². The number of benzene rings is 2. The van der Waals surface area contributed by atoms with Crippen molar-refractivity contribution in [3.63, 3.8) is 0 Å². The number of rotatable bonds is 7. The fourth-order valence-electron chi connectivity index (χ4n) is 3.52. The molecular formula is C21H25ClN2O5S. The first-order chi connectivity index (χ1) is 14.4. The number of methoxy groups -OCH3 is 2. The molecule has 0 bridgehead atoms. The fourth-order valence-corrected chi connectivity index (χ4v) is 5.30. The quantitative estimate of drug-likeness (QED) is 0.697. The number of halogens is 1. The van der Waals surface area contributed by atoms with E-state index >= 15 is 0 Å². The zero-order valence-corrected chi connectivity index (χ0v) is 18.5. The molecule has 1 aliphatic heterocycles. The molecule has 30 heavy (non-hydrogen) atoms. The van der Waals surface area contributed by atoms with Crippen molar-refractivity contribution in [1.82, 2.24) is 9.62 Å². The highest BCUT2D eigenvalue weighted by molar-refractivity contribution is 7.89. The maximum absolute atomic E-state index is 13.1. The van der Waals surface area contributed by atoms with Crippen LogP contribution in [0, 0.1) is 0 Å². The van der Waals surface area contributed by atoms with Crippen LogP contribution in [0.3, 0.4) is 0 Å². The number of piperidine rings is 1. The van der Waals surface area contributed by atoms with E-state index in [0.29, 0.717) is 35.9 Å². The second-order valence-electron chi connectivity index (χ2n) is 6.98. The van der Waals surface area contributed by atoms with Crippen molar-refractivity contribution in [3.05, 3.63) is 53.1 Å². The van der Waals surface area contributed by atoms with Crippen LogP contribution < -0.4 is 14.8 Å². The third kappa shape index (κ3) is 4.88. The van der Waals surface area contributed by atoms with E-state index < -0.39 is 16.1 Å². The summed E-state index contributed by atoms with van der Waals surface area (Å²) in [5.74, 6) is 0.923. The lowest BCUT2D eigenvalue weighted by atomic mass is 10.0. The molecule has 0 spiro atoms. The summed E-state index contributed by atoms with van der Waals surface area (Å²) >= 11 is 5.88. The number of hydrogen-bond donors (Lipinski definition) is 1. The highest BCUT2D eigenvalue weighted by Crippen LogP contribution is 2.27. The van der Waals surface area contributed by atoms with Crippen LogP contribution >= 0.6 is 11.6 Å². The van der Waals surface area contributed by atoms with E-state index in [9.17, 15) is 13.2 Å². The number of carbonyl (C=O) groups excluding carboxylic acids is 1. The summed E-state index contributed by atoms with van der Waals surface area (Å²) in [6, 6.07) is 10.5. The topological polar surface area (TPSA) is 84.9 Å². The van der Waals surface area contributed by atoms with Gasteiger partial charge in [0.15, 0.2) is 0 Å². The number of amides is 1. The average molecular weight is 453 g/mol. The molecule has 0 saturated carbocycles. The highest BCUT2D eigenvalue weighted by atomic mass is 35.5. The summed E-state index contributed by atoms with van der Waals surface area (Å²) in [6.45, 7) is 0.496. The van der Waals surface area contributed by atoms with Gasteiger partial charge in [0.1, 0.15) is 17.5 Å². The Labute approximate surface area is 182 Å². The van der Waals surface area contributed by atoms with Crippen LogP contribution in [0.25, 0.3) is 0 Å². The highest BCUT2D eigenvalue weighted by Gasteiger charge is 2.37. The van der Waals surface area contributed by atoms with Gasteiger partial charge in [-0.1, -0.05) is 18.0 Å². The summed E-state index contributed by atoms with van der Waals surface area (Å²) in [5.41, 5.74) is 0.744. The standard InChI is InChI=1S/C21H25ClN2O5S/c1-28-17-8-11-20(29-2)15(13-17)14-23-21(25)19-5-3-4-12-24(19)30(26,27)18-9-6-16(22)7-10-18/h6-11,13,19H,3-5,12,14H2,1-2H3,(H,23,25).